The van der Waals surface area contributed by atoms with E-state index in [0.717, 1.165) is 13.0 Å². The van der Waals surface area contributed by atoms with Crippen LogP contribution in [0.15, 0.2) is 6.20 Å². The van der Waals surface area contributed by atoms with Crippen molar-refractivity contribution in [2.75, 3.05) is 26.7 Å². The molecule has 0 saturated heterocycles. The molecule has 0 fully saturated rings. The second-order valence-corrected chi connectivity index (χ2v) is 4.65. The molecular formula is C12H24N6O. The van der Waals surface area contributed by atoms with Crippen LogP contribution in [0.2, 0.25) is 0 Å². The van der Waals surface area contributed by atoms with E-state index in [2.05, 4.69) is 41.4 Å². The SMILES string of the molecule is CCC(C)N(C)CCNC(=O)c1cn(CCN)nn1. The van der Waals surface area contributed by atoms with Crippen molar-refractivity contribution < 1.29 is 4.79 Å². The third kappa shape index (κ3) is 4.96. The van der Waals surface area contributed by atoms with Gasteiger partial charge in [-0.1, -0.05) is 12.1 Å². The quantitative estimate of drug-likeness (QED) is 0.675. The van der Waals surface area contributed by atoms with Crippen LogP contribution >= 0.6 is 0 Å². The molecule has 7 heteroatoms. The van der Waals surface area contributed by atoms with E-state index >= 15 is 0 Å². The van der Waals surface area contributed by atoms with E-state index in [-0.39, 0.29) is 5.91 Å². The molecule has 1 rings (SSSR count). The van der Waals surface area contributed by atoms with Crippen molar-refractivity contribution in [2.24, 2.45) is 5.73 Å². The van der Waals surface area contributed by atoms with Gasteiger partial charge < -0.3 is 16.0 Å². The number of nitrogens with two attached hydrogens (primary N) is 1. The topological polar surface area (TPSA) is 89.1 Å². The van der Waals surface area contributed by atoms with E-state index in [4.69, 9.17) is 5.73 Å². The first-order valence-corrected chi connectivity index (χ1v) is 6.67. The van der Waals surface area contributed by atoms with Gasteiger partial charge in [0.2, 0.25) is 0 Å². The van der Waals surface area contributed by atoms with Crippen LogP contribution in [-0.2, 0) is 6.54 Å². The molecule has 0 saturated carbocycles. The molecule has 7 nitrogen and oxygen atoms in total. The number of amides is 1. The molecule has 1 atom stereocenters. The van der Waals surface area contributed by atoms with Gasteiger partial charge in [0.25, 0.3) is 5.91 Å². The summed E-state index contributed by atoms with van der Waals surface area (Å²) in [6.07, 6.45) is 2.71. The lowest BCUT2D eigenvalue weighted by molar-refractivity contribution is 0.0942. The maximum Gasteiger partial charge on any atom is 0.273 e. The molecule has 1 heterocycles. The summed E-state index contributed by atoms with van der Waals surface area (Å²) in [4.78, 5) is 14.0. The van der Waals surface area contributed by atoms with Gasteiger partial charge in [0, 0.05) is 25.7 Å². The highest BCUT2D eigenvalue weighted by Gasteiger charge is 2.11. The van der Waals surface area contributed by atoms with Crippen LogP contribution in [0.25, 0.3) is 0 Å². The van der Waals surface area contributed by atoms with Gasteiger partial charge in [-0.05, 0) is 20.4 Å². The Balaban J connectivity index is 2.34. The molecule has 0 bridgehead atoms. The molecule has 1 aromatic rings. The van der Waals surface area contributed by atoms with Crippen molar-refractivity contribution in [1.29, 1.82) is 0 Å². The second kappa shape index (κ2) is 7.85. The molecular weight excluding hydrogens is 244 g/mol. The molecule has 1 aromatic heterocycles. The zero-order chi connectivity index (χ0) is 14.3. The fourth-order valence-corrected chi connectivity index (χ4v) is 1.61. The van der Waals surface area contributed by atoms with E-state index in [1.165, 1.54) is 0 Å². The maximum atomic E-state index is 11.8. The molecule has 19 heavy (non-hydrogen) atoms. The van der Waals surface area contributed by atoms with E-state index in [1.54, 1.807) is 10.9 Å². The fraction of sp³-hybridized carbons (Fsp3) is 0.750. The van der Waals surface area contributed by atoms with E-state index in [1.807, 2.05) is 0 Å². The summed E-state index contributed by atoms with van der Waals surface area (Å²) in [5.41, 5.74) is 5.74. The predicted octanol–water partition coefficient (Wildman–Crippen LogP) is -0.303. The molecule has 108 valence electrons. The lowest BCUT2D eigenvalue weighted by atomic mass is 10.2. The number of carbonyl (C=O) groups is 1. The molecule has 3 N–H and O–H groups in total. The van der Waals surface area contributed by atoms with Crippen LogP contribution in [0.1, 0.15) is 30.8 Å². The molecule has 0 radical (unpaired) electrons. The zero-order valence-corrected chi connectivity index (χ0v) is 12.0. The Hall–Kier alpha value is -1.47. The van der Waals surface area contributed by atoms with Gasteiger partial charge in [-0.3, -0.25) is 9.48 Å². The number of nitrogens with zero attached hydrogens (tertiary/aromatic N) is 4. The molecule has 0 aliphatic carbocycles. The standard InChI is InChI=1S/C12H24N6O/c1-4-10(2)17(3)8-6-14-12(19)11-9-18(7-5-13)16-15-11/h9-10H,4-8,13H2,1-3H3,(H,14,19). The van der Waals surface area contributed by atoms with Crippen molar-refractivity contribution in [3.8, 4) is 0 Å². The second-order valence-electron chi connectivity index (χ2n) is 4.65. The number of aromatic nitrogens is 3. The maximum absolute atomic E-state index is 11.8. The van der Waals surface area contributed by atoms with E-state index in [9.17, 15) is 4.79 Å². The van der Waals surface area contributed by atoms with E-state index in [0.29, 0.717) is 31.4 Å². The largest absolute Gasteiger partial charge is 0.349 e. The average molecular weight is 268 g/mol. The van der Waals surface area contributed by atoms with Crippen LogP contribution in [0, 0.1) is 0 Å². The summed E-state index contributed by atoms with van der Waals surface area (Å²) < 4.78 is 1.57. The van der Waals surface area contributed by atoms with Gasteiger partial charge in [0.15, 0.2) is 5.69 Å². The molecule has 0 spiro atoms. The highest BCUT2D eigenvalue weighted by molar-refractivity contribution is 5.91. The lowest BCUT2D eigenvalue weighted by Gasteiger charge is -2.23. The predicted molar refractivity (Wildman–Crippen MR) is 73.8 cm³/mol. The van der Waals surface area contributed by atoms with Gasteiger partial charge in [0.1, 0.15) is 0 Å². The number of carbonyl (C=O) groups excluding carboxylic acids is 1. The minimum absolute atomic E-state index is 0.194. The Labute approximate surface area is 114 Å². The van der Waals surface area contributed by atoms with Crippen LogP contribution in [-0.4, -0.2) is 58.5 Å². The van der Waals surface area contributed by atoms with Gasteiger partial charge >= 0.3 is 0 Å². The van der Waals surface area contributed by atoms with Crippen LogP contribution in [0.5, 0.6) is 0 Å². The minimum atomic E-state index is -0.194. The Bertz CT molecular complexity index is 391. The molecule has 1 amide bonds. The van der Waals surface area contributed by atoms with Gasteiger partial charge in [-0.2, -0.15) is 0 Å². The molecule has 0 aliphatic rings. The summed E-state index contributed by atoms with van der Waals surface area (Å²) in [6, 6.07) is 0.516. The van der Waals surface area contributed by atoms with Crippen molar-refractivity contribution in [2.45, 2.75) is 32.9 Å². The summed E-state index contributed by atoms with van der Waals surface area (Å²) in [7, 11) is 2.05. The van der Waals surface area contributed by atoms with Gasteiger partial charge in [-0.15, -0.1) is 5.10 Å². The number of hydrogen-bond donors (Lipinski definition) is 2. The molecule has 0 aromatic carbocycles. The Morgan fingerprint density at radius 3 is 3.00 bits per heavy atom. The monoisotopic (exact) mass is 268 g/mol. The van der Waals surface area contributed by atoms with Crippen molar-refractivity contribution in [1.82, 2.24) is 25.2 Å². The van der Waals surface area contributed by atoms with E-state index < -0.39 is 0 Å². The smallest absolute Gasteiger partial charge is 0.273 e. The average Bonchev–Trinajstić information content (AvgIpc) is 2.86. The molecule has 1 unspecified atom stereocenters. The van der Waals surface area contributed by atoms with Crippen LogP contribution in [0.4, 0.5) is 0 Å². The first-order chi connectivity index (χ1) is 9.08. The first kappa shape index (κ1) is 15.6. The van der Waals surface area contributed by atoms with Gasteiger partial charge in [0.05, 0.1) is 12.7 Å². The fourth-order valence-electron chi connectivity index (χ4n) is 1.61. The lowest BCUT2D eigenvalue weighted by Crippen LogP contribution is -2.37. The Morgan fingerprint density at radius 2 is 2.37 bits per heavy atom. The van der Waals surface area contributed by atoms with Crippen molar-refractivity contribution in [3.05, 3.63) is 11.9 Å². The third-order valence-electron chi connectivity index (χ3n) is 3.22. The minimum Gasteiger partial charge on any atom is -0.349 e. The van der Waals surface area contributed by atoms with Crippen molar-refractivity contribution in [3.63, 3.8) is 0 Å². The zero-order valence-electron chi connectivity index (χ0n) is 12.0. The summed E-state index contributed by atoms with van der Waals surface area (Å²) >= 11 is 0. The van der Waals surface area contributed by atoms with Crippen LogP contribution < -0.4 is 11.1 Å². The summed E-state index contributed by atoms with van der Waals surface area (Å²) in [5, 5.41) is 10.5. The highest BCUT2D eigenvalue weighted by Crippen LogP contribution is 1.98. The number of likely N-dealkylation sites (N-methyl/N-ethyl adjacent to an activating group) is 1. The summed E-state index contributed by atoms with van der Waals surface area (Å²) in [5.74, 6) is -0.194. The Kier molecular flexibility index (Phi) is 6.44. The van der Waals surface area contributed by atoms with Crippen molar-refractivity contribution >= 4 is 5.91 Å². The first-order valence-electron chi connectivity index (χ1n) is 6.67. The summed E-state index contributed by atoms with van der Waals surface area (Å²) in [6.45, 7) is 6.78. The number of hydrogen-bond acceptors (Lipinski definition) is 5. The molecule has 0 aliphatic heterocycles. The third-order valence-corrected chi connectivity index (χ3v) is 3.22. The normalized spacial score (nSPS) is 12.7. The Morgan fingerprint density at radius 1 is 1.63 bits per heavy atom. The van der Waals surface area contributed by atoms with Gasteiger partial charge in [-0.25, -0.2) is 0 Å². The van der Waals surface area contributed by atoms with Crippen LogP contribution in [0.3, 0.4) is 0 Å². The number of nitrogens with one attached hydrogen (secondary N) is 1. The number of rotatable bonds is 8. The highest BCUT2D eigenvalue weighted by atomic mass is 16.2.